The van der Waals surface area contributed by atoms with Crippen molar-refractivity contribution in [1.82, 2.24) is 20.3 Å². The minimum Gasteiger partial charge on any atom is -0.508 e. The van der Waals surface area contributed by atoms with Crippen LogP contribution in [0, 0.1) is 0 Å². The molecule has 0 radical (unpaired) electrons. The van der Waals surface area contributed by atoms with E-state index in [-0.39, 0.29) is 18.2 Å². The molecule has 1 aromatic heterocycles. The van der Waals surface area contributed by atoms with E-state index in [1.165, 1.54) is 6.08 Å². The predicted octanol–water partition coefficient (Wildman–Crippen LogP) is 2.46. The van der Waals surface area contributed by atoms with Crippen LogP contribution in [-0.4, -0.2) is 57.9 Å². The van der Waals surface area contributed by atoms with Crippen molar-refractivity contribution in [2.24, 2.45) is 0 Å². The van der Waals surface area contributed by atoms with Gasteiger partial charge in [-0.15, -0.1) is 0 Å². The normalized spacial score (nSPS) is 21.6. The zero-order valence-corrected chi connectivity index (χ0v) is 17.9. The molecule has 2 aromatic rings. The summed E-state index contributed by atoms with van der Waals surface area (Å²) in [5.74, 6) is 0.624. The molecule has 9 nitrogen and oxygen atoms in total. The summed E-state index contributed by atoms with van der Waals surface area (Å²) in [5.41, 5.74) is 4.06. The third-order valence-electron chi connectivity index (χ3n) is 5.45. The van der Waals surface area contributed by atoms with Crippen molar-refractivity contribution in [2.75, 3.05) is 25.0 Å². The molecular weight excluding hydrogens is 410 g/mol. The molecule has 1 amide bonds. The van der Waals surface area contributed by atoms with Crippen LogP contribution in [0.25, 0.3) is 6.08 Å². The lowest BCUT2D eigenvalue weighted by Gasteiger charge is -2.21. The average molecular weight is 440 g/mol. The van der Waals surface area contributed by atoms with Crippen LogP contribution >= 0.6 is 0 Å². The number of rotatable bonds is 8. The molecule has 0 aliphatic carbocycles. The Morgan fingerprint density at radius 3 is 3.00 bits per heavy atom. The van der Waals surface area contributed by atoms with Gasteiger partial charge in [0.05, 0.1) is 18.1 Å². The molecule has 32 heavy (non-hydrogen) atoms. The van der Waals surface area contributed by atoms with Crippen molar-refractivity contribution in [2.45, 2.75) is 44.6 Å². The number of hydroxylamine groups is 1. The van der Waals surface area contributed by atoms with Gasteiger partial charge in [-0.05, 0) is 43.0 Å². The van der Waals surface area contributed by atoms with E-state index in [1.54, 1.807) is 30.6 Å². The molecule has 0 saturated carbocycles. The van der Waals surface area contributed by atoms with Gasteiger partial charge in [0.25, 0.3) is 5.91 Å². The fourth-order valence-electron chi connectivity index (χ4n) is 3.84. The zero-order chi connectivity index (χ0) is 22.2. The Balaban J connectivity index is 1.20. The molecule has 2 atom stereocenters. The van der Waals surface area contributed by atoms with Crippen LogP contribution in [0.2, 0.25) is 0 Å². The van der Waals surface area contributed by atoms with E-state index in [1.807, 2.05) is 12.1 Å². The molecular formula is C23H29N5O4. The first kappa shape index (κ1) is 22.2. The highest BCUT2D eigenvalue weighted by molar-refractivity contribution is 5.90. The molecule has 3 heterocycles. The first-order valence-electron chi connectivity index (χ1n) is 11.0. The highest BCUT2D eigenvalue weighted by atomic mass is 16.8. The lowest BCUT2D eigenvalue weighted by molar-refractivity contribution is -0.198. The largest absolute Gasteiger partial charge is 0.508 e. The van der Waals surface area contributed by atoms with Crippen molar-refractivity contribution in [3.8, 4) is 5.75 Å². The number of hydrogen-bond donors (Lipinski definition) is 3. The SMILES string of the molecule is O=C(C=Cc1cnc(N[C@@H]2CCN(Cc3cccc(O)c3)C2)cn1)NOC1CCCCO1. The summed E-state index contributed by atoms with van der Waals surface area (Å²) < 4.78 is 5.40. The number of benzene rings is 1. The van der Waals surface area contributed by atoms with Gasteiger partial charge in [0, 0.05) is 44.8 Å². The van der Waals surface area contributed by atoms with E-state index in [2.05, 4.69) is 25.7 Å². The van der Waals surface area contributed by atoms with Crippen molar-refractivity contribution in [3.05, 3.63) is 54.0 Å². The Labute approximate surface area is 187 Å². The first-order chi connectivity index (χ1) is 15.6. The Hall–Kier alpha value is -3.01. The third kappa shape index (κ3) is 6.74. The molecule has 3 N–H and O–H groups in total. The number of hydrogen-bond acceptors (Lipinski definition) is 8. The van der Waals surface area contributed by atoms with Gasteiger partial charge in [0.15, 0.2) is 6.29 Å². The molecule has 1 aromatic carbocycles. The summed E-state index contributed by atoms with van der Waals surface area (Å²) in [6.45, 7) is 3.33. The number of phenolic OH excluding ortho intramolecular Hbond substituents is 1. The number of ether oxygens (including phenoxy) is 1. The van der Waals surface area contributed by atoms with Crippen molar-refractivity contribution < 1.29 is 19.5 Å². The Kier molecular flexibility index (Phi) is 7.65. The van der Waals surface area contributed by atoms with Crippen LogP contribution < -0.4 is 10.8 Å². The molecule has 0 spiro atoms. The van der Waals surface area contributed by atoms with E-state index < -0.39 is 0 Å². The second-order valence-corrected chi connectivity index (χ2v) is 8.08. The van der Waals surface area contributed by atoms with Crippen LogP contribution in [0.1, 0.15) is 36.9 Å². The number of nitrogens with zero attached hydrogens (tertiary/aromatic N) is 3. The Morgan fingerprint density at radius 2 is 2.22 bits per heavy atom. The van der Waals surface area contributed by atoms with Gasteiger partial charge >= 0.3 is 0 Å². The number of aromatic nitrogens is 2. The lowest BCUT2D eigenvalue weighted by atomic mass is 10.2. The zero-order valence-electron chi connectivity index (χ0n) is 17.9. The Morgan fingerprint density at radius 1 is 1.28 bits per heavy atom. The molecule has 4 rings (SSSR count). The number of nitrogens with one attached hydrogen (secondary N) is 2. The van der Waals surface area contributed by atoms with Crippen molar-refractivity contribution in [1.29, 1.82) is 0 Å². The monoisotopic (exact) mass is 439 g/mol. The molecule has 2 fully saturated rings. The summed E-state index contributed by atoms with van der Waals surface area (Å²) >= 11 is 0. The molecule has 0 bridgehead atoms. The highest BCUT2D eigenvalue weighted by Crippen LogP contribution is 2.19. The lowest BCUT2D eigenvalue weighted by Crippen LogP contribution is -2.32. The van der Waals surface area contributed by atoms with Gasteiger partial charge in [-0.3, -0.25) is 14.7 Å². The van der Waals surface area contributed by atoms with E-state index in [9.17, 15) is 9.90 Å². The molecule has 2 aliphatic heterocycles. The fourth-order valence-corrected chi connectivity index (χ4v) is 3.84. The van der Waals surface area contributed by atoms with Gasteiger partial charge in [0.1, 0.15) is 11.6 Å². The number of phenols is 1. The van der Waals surface area contributed by atoms with Crippen LogP contribution in [-0.2, 0) is 20.9 Å². The molecule has 1 unspecified atom stereocenters. The highest BCUT2D eigenvalue weighted by Gasteiger charge is 2.22. The molecule has 170 valence electrons. The van der Waals surface area contributed by atoms with Gasteiger partial charge in [-0.2, -0.15) is 0 Å². The minimum absolute atomic E-state index is 0.285. The summed E-state index contributed by atoms with van der Waals surface area (Å²) in [6, 6.07) is 7.66. The molecule has 9 heteroatoms. The van der Waals surface area contributed by atoms with Gasteiger partial charge < -0.3 is 15.2 Å². The number of aromatic hydroxyl groups is 1. The summed E-state index contributed by atoms with van der Waals surface area (Å²) in [5, 5.41) is 13.0. The topological polar surface area (TPSA) is 109 Å². The summed E-state index contributed by atoms with van der Waals surface area (Å²) in [6.07, 6.45) is 9.69. The van der Waals surface area contributed by atoms with Crippen LogP contribution in [0.4, 0.5) is 5.82 Å². The van der Waals surface area contributed by atoms with E-state index >= 15 is 0 Å². The maximum Gasteiger partial charge on any atom is 0.267 e. The summed E-state index contributed by atoms with van der Waals surface area (Å²) in [4.78, 5) is 28.2. The second-order valence-electron chi connectivity index (χ2n) is 8.08. The first-order valence-corrected chi connectivity index (χ1v) is 11.0. The van der Waals surface area contributed by atoms with Gasteiger partial charge in [-0.1, -0.05) is 12.1 Å². The molecule has 2 saturated heterocycles. The van der Waals surface area contributed by atoms with Crippen LogP contribution in [0.15, 0.2) is 42.7 Å². The summed E-state index contributed by atoms with van der Waals surface area (Å²) in [7, 11) is 0. The number of carbonyl (C=O) groups excluding carboxylic acids is 1. The average Bonchev–Trinajstić information content (AvgIpc) is 3.24. The van der Waals surface area contributed by atoms with Gasteiger partial charge in [0.2, 0.25) is 0 Å². The minimum atomic E-state index is -0.377. The van der Waals surface area contributed by atoms with Crippen molar-refractivity contribution in [3.63, 3.8) is 0 Å². The maximum atomic E-state index is 11.9. The number of anilines is 1. The number of likely N-dealkylation sites (tertiary alicyclic amines) is 1. The third-order valence-corrected chi connectivity index (χ3v) is 5.45. The van der Waals surface area contributed by atoms with Crippen molar-refractivity contribution >= 4 is 17.8 Å². The fraction of sp³-hybridized carbons (Fsp3) is 0.435. The number of amides is 1. The Bertz CT molecular complexity index is 915. The second kappa shape index (κ2) is 11.0. The maximum absolute atomic E-state index is 11.9. The quantitative estimate of drug-likeness (QED) is 0.425. The molecule has 2 aliphatic rings. The van der Waals surface area contributed by atoms with Crippen LogP contribution in [0.5, 0.6) is 5.75 Å². The standard InChI is InChI=1S/C23H29N5O4/c29-20-5-3-4-17(12-20)15-28-10-9-19(16-28)26-21-14-24-18(13-25-21)7-8-22(30)27-32-23-6-1-2-11-31-23/h3-5,7-8,12-14,19,23,29H,1-2,6,9-11,15-16H2,(H,25,26)(H,27,30)/t19-,23?/m1/s1. The van der Waals surface area contributed by atoms with Crippen LogP contribution in [0.3, 0.4) is 0 Å². The number of carbonyl (C=O) groups is 1. The predicted molar refractivity (Wildman–Crippen MR) is 119 cm³/mol. The van der Waals surface area contributed by atoms with E-state index in [0.717, 1.165) is 50.9 Å². The van der Waals surface area contributed by atoms with E-state index in [0.29, 0.717) is 23.9 Å². The van der Waals surface area contributed by atoms with Gasteiger partial charge in [-0.25, -0.2) is 15.3 Å². The smallest absolute Gasteiger partial charge is 0.267 e. The van der Waals surface area contributed by atoms with E-state index in [4.69, 9.17) is 9.57 Å².